The molecule has 0 bridgehead atoms. The number of ketones is 6. The predicted molar refractivity (Wildman–Crippen MR) is 278 cm³/mol. The Morgan fingerprint density at radius 3 is 0.773 bits per heavy atom. The van der Waals surface area contributed by atoms with Crippen LogP contribution in [0.4, 0.5) is 0 Å². The van der Waals surface area contributed by atoms with Crippen molar-refractivity contribution in [2.24, 2.45) is 11.8 Å². The number of aldehydes is 2. The highest BCUT2D eigenvalue weighted by atomic mass is 16.2. The summed E-state index contributed by atoms with van der Waals surface area (Å²) >= 11 is 0. The molecule has 2 atom stereocenters. The third-order valence-corrected chi connectivity index (χ3v) is 10.3. The molecule has 0 aliphatic heterocycles. The molecule has 0 spiro atoms. The average molecular weight is 917 g/mol. The molecule has 0 rings (SSSR count). The molecular formula is C58H92O8. The highest BCUT2D eigenvalue weighted by Gasteiger charge is 2.11. The summed E-state index contributed by atoms with van der Waals surface area (Å²) in [6, 6.07) is 0. The highest BCUT2D eigenvalue weighted by molar-refractivity contribution is 6.36. The molecule has 372 valence electrons. The average Bonchev–Trinajstić information content (AvgIpc) is 3.22. The monoisotopic (exact) mass is 917 g/mol. The number of carbonyl (C=O) groups is 8. The van der Waals surface area contributed by atoms with Crippen molar-refractivity contribution in [3.63, 3.8) is 0 Å². The molecule has 8 nitrogen and oxygen atoms in total. The van der Waals surface area contributed by atoms with Gasteiger partial charge < -0.3 is 0 Å². The van der Waals surface area contributed by atoms with Gasteiger partial charge in [0.1, 0.15) is 0 Å². The van der Waals surface area contributed by atoms with Crippen LogP contribution in [0.1, 0.15) is 214 Å². The maximum atomic E-state index is 11.2. The molecule has 0 saturated heterocycles. The van der Waals surface area contributed by atoms with Gasteiger partial charge in [-0.3, -0.25) is 38.4 Å². The maximum Gasteiger partial charge on any atom is 0.198 e. The third-order valence-electron chi connectivity index (χ3n) is 10.3. The third kappa shape index (κ3) is 50.3. The van der Waals surface area contributed by atoms with Gasteiger partial charge in [-0.05, 0) is 173 Å². The van der Waals surface area contributed by atoms with Crippen LogP contribution >= 0.6 is 0 Å². The Balaban J connectivity index is -0.000000395. The lowest BCUT2D eigenvalue weighted by Gasteiger charge is -2.04. The molecule has 0 N–H and O–H groups in total. The molecule has 66 heavy (non-hydrogen) atoms. The summed E-state index contributed by atoms with van der Waals surface area (Å²) in [7, 11) is 0. The van der Waals surface area contributed by atoms with Crippen molar-refractivity contribution in [2.45, 2.75) is 214 Å². The fourth-order valence-corrected chi connectivity index (χ4v) is 5.69. The molecule has 0 aromatic carbocycles. The quantitative estimate of drug-likeness (QED) is 0.0395. The maximum absolute atomic E-state index is 11.2. The van der Waals surface area contributed by atoms with E-state index in [4.69, 9.17) is 0 Å². The predicted octanol–water partition coefficient (Wildman–Crippen LogP) is 15.0. The number of allylic oxidation sites excluding steroid dienone is 16. The van der Waals surface area contributed by atoms with Crippen LogP contribution in [0, 0.1) is 11.8 Å². The highest BCUT2D eigenvalue weighted by Crippen LogP contribution is 2.14. The van der Waals surface area contributed by atoms with E-state index in [9.17, 15) is 38.4 Å². The van der Waals surface area contributed by atoms with E-state index in [1.54, 1.807) is 6.92 Å². The van der Waals surface area contributed by atoms with E-state index >= 15 is 0 Å². The van der Waals surface area contributed by atoms with Crippen LogP contribution in [0.25, 0.3) is 0 Å². The van der Waals surface area contributed by atoms with E-state index < -0.39 is 0 Å². The Hall–Kier alpha value is -4.72. The van der Waals surface area contributed by atoms with Gasteiger partial charge in [0.25, 0.3) is 0 Å². The first-order chi connectivity index (χ1) is 30.8. The fraction of sp³-hybridized carbons (Fsp3) is 0.586. The van der Waals surface area contributed by atoms with Crippen LogP contribution in [-0.4, -0.2) is 47.3 Å². The molecule has 2 unspecified atom stereocenters. The number of hydrogen-bond acceptors (Lipinski definition) is 8. The van der Waals surface area contributed by atoms with Crippen molar-refractivity contribution < 1.29 is 38.4 Å². The van der Waals surface area contributed by atoms with E-state index in [-0.39, 0.29) is 46.5 Å². The first-order valence-corrected chi connectivity index (χ1v) is 24.0. The Morgan fingerprint density at radius 1 is 0.318 bits per heavy atom. The van der Waals surface area contributed by atoms with Gasteiger partial charge in [-0.15, -0.1) is 0 Å². The van der Waals surface area contributed by atoms with Crippen LogP contribution in [0.5, 0.6) is 0 Å². The molecule has 0 aromatic rings. The summed E-state index contributed by atoms with van der Waals surface area (Å²) in [5.41, 5.74) is 10.7. The zero-order chi connectivity index (χ0) is 51.6. The van der Waals surface area contributed by atoms with E-state index in [2.05, 4.69) is 118 Å². The summed E-state index contributed by atoms with van der Waals surface area (Å²) in [5, 5.41) is 0. The van der Waals surface area contributed by atoms with E-state index in [1.165, 1.54) is 58.4 Å². The zero-order valence-corrected chi connectivity index (χ0v) is 44.5. The minimum Gasteiger partial charge on any atom is -0.295 e. The normalized spacial score (nSPS) is 12.1. The number of Topliss-reactive ketones (excluding diaryl/α,β-unsaturated/α-hetero) is 6. The van der Waals surface area contributed by atoms with Gasteiger partial charge in [0.2, 0.25) is 0 Å². The summed E-state index contributed by atoms with van der Waals surface area (Å²) in [6.45, 7) is 31.4. The molecular weight excluding hydrogens is 825 g/mol. The smallest absolute Gasteiger partial charge is 0.198 e. The Morgan fingerprint density at radius 2 is 0.530 bits per heavy atom. The van der Waals surface area contributed by atoms with E-state index in [0.717, 1.165) is 77.0 Å². The number of carbonyl (C=O) groups excluding carboxylic acids is 8. The van der Waals surface area contributed by atoms with Gasteiger partial charge in [0, 0.05) is 38.5 Å². The van der Waals surface area contributed by atoms with Crippen molar-refractivity contribution in [3.05, 3.63) is 93.2 Å². The second-order valence-electron chi connectivity index (χ2n) is 18.5. The molecule has 0 radical (unpaired) electrons. The minimum absolute atomic E-state index is 0.127. The van der Waals surface area contributed by atoms with Crippen molar-refractivity contribution in [1.82, 2.24) is 0 Å². The van der Waals surface area contributed by atoms with Gasteiger partial charge in [-0.25, -0.2) is 0 Å². The summed E-state index contributed by atoms with van der Waals surface area (Å²) < 4.78 is 0. The molecule has 0 aliphatic carbocycles. The topological polar surface area (TPSA) is 137 Å². The van der Waals surface area contributed by atoms with E-state index in [1.807, 2.05) is 20.8 Å². The fourth-order valence-electron chi connectivity index (χ4n) is 5.69. The van der Waals surface area contributed by atoms with Gasteiger partial charge >= 0.3 is 0 Å². The van der Waals surface area contributed by atoms with Crippen molar-refractivity contribution in [1.29, 1.82) is 0 Å². The summed E-state index contributed by atoms with van der Waals surface area (Å²) in [5.74, 6) is -2.07. The molecule has 0 heterocycles. The van der Waals surface area contributed by atoms with Crippen LogP contribution in [0.15, 0.2) is 93.2 Å². The van der Waals surface area contributed by atoms with Crippen LogP contribution < -0.4 is 0 Å². The molecule has 0 aromatic heterocycles. The number of rotatable bonds is 30. The van der Waals surface area contributed by atoms with Crippen LogP contribution in [0.2, 0.25) is 0 Å². The minimum atomic E-state index is -0.337. The lowest BCUT2D eigenvalue weighted by molar-refractivity contribution is -0.135. The van der Waals surface area contributed by atoms with Gasteiger partial charge in [0.05, 0.1) is 0 Å². The van der Waals surface area contributed by atoms with Crippen molar-refractivity contribution in [3.8, 4) is 0 Å². The van der Waals surface area contributed by atoms with Gasteiger partial charge in [-0.2, -0.15) is 0 Å². The molecule has 0 fully saturated rings. The van der Waals surface area contributed by atoms with Crippen molar-refractivity contribution >= 4 is 47.3 Å². The molecule has 0 aliphatic rings. The largest absolute Gasteiger partial charge is 0.295 e. The van der Waals surface area contributed by atoms with Gasteiger partial charge in [0.15, 0.2) is 47.3 Å². The second kappa shape index (κ2) is 44.1. The number of hydrogen-bond donors (Lipinski definition) is 0. The Kier molecular flexibility index (Phi) is 45.4. The van der Waals surface area contributed by atoms with Crippen molar-refractivity contribution in [2.75, 3.05) is 0 Å². The summed E-state index contributed by atoms with van der Waals surface area (Å²) in [6.07, 6.45) is 32.1. The lowest BCUT2D eigenvalue weighted by Crippen LogP contribution is -2.11. The SMILES string of the molecule is CC(=O)C(=O)CC/C=C(\C)CC/C=C(\C)CCC=C(C)C.CC(=O)C(=O)CC/C=C(\C)CCC=C(C)C.CC(C)=CCC/C(C)=C/CCC(C)C(=O)C=O.CC(C)=CCCC(C)C(=O)C=O. The zero-order valence-electron chi connectivity index (χ0n) is 44.5. The standard InChI is InChI=1S/C19H30O2.C15H24O2.C14H22O2.C10H16O2/c1-15(2)9-6-10-16(3)11-7-12-17(4)13-8-14-19(21)18(5)20;1-12(2)7-5-8-13(3)9-6-10-14(4)15(17)11-16;1-11(2)7-5-8-12(3)9-6-10-14(16)13(4)15;1-8(2)5-4-6-9(3)10(12)7-11/h9,11,13H,6-8,10,12,14H2,1-5H3;7,9,11,14H,5-6,8,10H2,1-4H3;7,9H,5-6,8,10H2,1-4H3;5,7,9H,4,6H2,1-3H3/b16-11+,17-13+;13-9+;12-9+;. The Labute approximate surface area is 402 Å². The van der Waals surface area contributed by atoms with Crippen LogP contribution in [-0.2, 0) is 38.4 Å². The Bertz CT molecular complexity index is 1740. The first kappa shape index (κ1) is 67.9. The van der Waals surface area contributed by atoms with E-state index in [0.29, 0.717) is 38.3 Å². The lowest BCUT2D eigenvalue weighted by atomic mass is 10.00. The summed E-state index contributed by atoms with van der Waals surface area (Å²) in [4.78, 5) is 85.9. The van der Waals surface area contributed by atoms with Crippen LogP contribution in [0.3, 0.4) is 0 Å². The molecule has 0 saturated carbocycles. The molecule has 0 amide bonds. The molecule has 8 heteroatoms. The second-order valence-corrected chi connectivity index (χ2v) is 18.5. The van der Waals surface area contributed by atoms with Gasteiger partial charge in [-0.1, -0.05) is 107 Å². The first-order valence-electron chi connectivity index (χ1n) is 24.0.